The SMILES string of the molecule is CCOc1ccc(/C=N\NC(=O)Cc2cccs2)c2ccccc12. The van der Waals surface area contributed by atoms with Crippen molar-refractivity contribution in [1.29, 1.82) is 0 Å². The van der Waals surface area contributed by atoms with Crippen molar-refractivity contribution < 1.29 is 9.53 Å². The molecule has 0 radical (unpaired) electrons. The third kappa shape index (κ3) is 3.81. The van der Waals surface area contributed by atoms with Gasteiger partial charge in [-0.15, -0.1) is 11.3 Å². The van der Waals surface area contributed by atoms with Gasteiger partial charge in [-0.3, -0.25) is 4.79 Å². The number of hydrazone groups is 1. The molecule has 1 amide bonds. The van der Waals surface area contributed by atoms with Gasteiger partial charge in [0, 0.05) is 15.8 Å². The highest BCUT2D eigenvalue weighted by Gasteiger charge is 2.06. The van der Waals surface area contributed by atoms with Crippen LogP contribution in [0.15, 0.2) is 59.0 Å². The zero-order chi connectivity index (χ0) is 16.8. The van der Waals surface area contributed by atoms with E-state index >= 15 is 0 Å². The van der Waals surface area contributed by atoms with Gasteiger partial charge in [0.2, 0.25) is 5.91 Å². The lowest BCUT2D eigenvalue weighted by atomic mass is 10.0. The van der Waals surface area contributed by atoms with E-state index in [9.17, 15) is 4.79 Å². The van der Waals surface area contributed by atoms with Gasteiger partial charge in [-0.1, -0.05) is 30.3 Å². The van der Waals surface area contributed by atoms with Crippen LogP contribution in [-0.4, -0.2) is 18.7 Å². The smallest absolute Gasteiger partial charge is 0.245 e. The fourth-order valence-corrected chi connectivity index (χ4v) is 3.18. The Bertz CT molecular complexity index is 857. The molecule has 0 aliphatic rings. The summed E-state index contributed by atoms with van der Waals surface area (Å²) in [5.41, 5.74) is 3.52. The van der Waals surface area contributed by atoms with Crippen LogP contribution in [-0.2, 0) is 11.2 Å². The minimum atomic E-state index is -0.121. The van der Waals surface area contributed by atoms with Crippen LogP contribution >= 0.6 is 11.3 Å². The molecule has 0 spiro atoms. The molecule has 4 nitrogen and oxygen atoms in total. The van der Waals surface area contributed by atoms with E-state index in [4.69, 9.17) is 4.74 Å². The van der Waals surface area contributed by atoms with Crippen LogP contribution < -0.4 is 10.2 Å². The first-order valence-electron chi connectivity index (χ1n) is 7.76. The number of rotatable bonds is 6. The van der Waals surface area contributed by atoms with E-state index in [0.717, 1.165) is 27.0 Å². The lowest BCUT2D eigenvalue weighted by Gasteiger charge is -2.09. The molecule has 0 saturated heterocycles. The summed E-state index contributed by atoms with van der Waals surface area (Å²) in [4.78, 5) is 12.9. The topological polar surface area (TPSA) is 50.7 Å². The maximum absolute atomic E-state index is 11.9. The third-order valence-electron chi connectivity index (χ3n) is 3.53. The first-order valence-corrected chi connectivity index (χ1v) is 8.64. The predicted molar refractivity (Wildman–Crippen MR) is 98.9 cm³/mol. The van der Waals surface area contributed by atoms with Crippen LogP contribution in [0.1, 0.15) is 17.4 Å². The first kappa shape index (κ1) is 16.2. The monoisotopic (exact) mass is 338 g/mol. The van der Waals surface area contributed by atoms with Crippen LogP contribution in [0.5, 0.6) is 5.75 Å². The van der Waals surface area contributed by atoms with Gasteiger partial charge in [0.25, 0.3) is 0 Å². The van der Waals surface area contributed by atoms with E-state index in [2.05, 4.69) is 10.5 Å². The van der Waals surface area contributed by atoms with Crippen LogP contribution in [0, 0.1) is 0 Å². The van der Waals surface area contributed by atoms with Crippen LogP contribution in [0.2, 0.25) is 0 Å². The molecule has 0 bridgehead atoms. The van der Waals surface area contributed by atoms with Crippen LogP contribution in [0.4, 0.5) is 0 Å². The highest BCUT2D eigenvalue weighted by atomic mass is 32.1. The Morgan fingerprint density at radius 3 is 2.75 bits per heavy atom. The molecule has 1 heterocycles. The summed E-state index contributed by atoms with van der Waals surface area (Å²) >= 11 is 1.56. The standard InChI is InChI=1S/C19H18N2O2S/c1-2-23-18-10-9-14(16-7-3-4-8-17(16)18)13-20-21-19(22)12-15-6-5-11-24-15/h3-11,13H,2,12H2,1H3,(H,21,22)/b20-13-. The molecule has 2 aromatic carbocycles. The second kappa shape index (κ2) is 7.75. The highest BCUT2D eigenvalue weighted by Crippen LogP contribution is 2.27. The van der Waals surface area contributed by atoms with Crippen molar-refractivity contribution in [2.75, 3.05) is 6.61 Å². The summed E-state index contributed by atoms with van der Waals surface area (Å²) in [6, 6.07) is 15.7. The molecule has 0 unspecified atom stereocenters. The van der Waals surface area contributed by atoms with Crippen molar-refractivity contribution >= 4 is 34.2 Å². The summed E-state index contributed by atoms with van der Waals surface area (Å²) < 4.78 is 5.66. The molecule has 0 saturated carbocycles. The Morgan fingerprint density at radius 1 is 1.17 bits per heavy atom. The number of fused-ring (bicyclic) bond motifs is 1. The van der Waals surface area contributed by atoms with Gasteiger partial charge in [0.05, 0.1) is 19.2 Å². The maximum Gasteiger partial charge on any atom is 0.245 e. The summed E-state index contributed by atoms with van der Waals surface area (Å²) in [5, 5.41) is 8.12. The molecule has 1 aromatic heterocycles. The fraction of sp³-hybridized carbons (Fsp3) is 0.158. The molecule has 1 N–H and O–H groups in total. The van der Waals surface area contributed by atoms with Crippen molar-refractivity contribution in [1.82, 2.24) is 5.43 Å². The Hall–Kier alpha value is -2.66. The Labute approximate surface area is 144 Å². The summed E-state index contributed by atoms with van der Waals surface area (Å²) in [6.07, 6.45) is 2.02. The van der Waals surface area contributed by atoms with Crippen molar-refractivity contribution in [2.24, 2.45) is 5.10 Å². The van der Waals surface area contributed by atoms with Crippen molar-refractivity contribution in [3.05, 3.63) is 64.4 Å². The zero-order valence-electron chi connectivity index (χ0n) is 13.4. The average Bonchev–Trinajstić information content (AvgIpc) is 3.10. The number of nitrogens with zero attached hydrogens (tertiary/aromatic N) is 1. The highest BCUT2D eigenvalue weighted by molar-refractivity contribution is 7.10. The van der Waals surface area contributed by atoms with Gasteiger partial charge in [0.15, 0.2) is 0 Å². The first-order chi connectivity index (χ1) is 11.8. The van der Waals surface area contributed by atoms with E-state index in [-0.39, 0.29) is 5.91 Å². The lowest BCUT2D eigenvalue weighted by molar-refractivity contribution is -0.120. The number of ether oxygens (including phenoxy) is 1. The largest absolute Gasteiger partial charge is 0.493 e. The molecule has 24 heavy (non-hydrogen) atoms. The van der Waals surface area contributed by atoms with Crippen molar-refractivity contribution in [3.8, 4) is 5.75 Å². The normalized spacial score (nSPS) is 11.0. The molecule has 0 aliphatic carbocycles. The number of benzene rings is 2. The molecule has 0 fully saturated rings. The molecule has 5 heteroatoms. The predicted octanol–water partition coefficient (Wildman–Crippen LogP) is 3.99. The van der Waals surface area contributed by atoms with Crippen molar-refractivity contribution in [3.63, 3.8) is 0 Å². The number of carbonyl (C=O) groups is 1. The van der Waals surface area contributed by atoms with Gasteiger partial charge < -0.3 is 4.74 Å². The number of thiophene rings is 1. The second-order valence-electron chi connectivity index (χ2n) is 5.18. The molecular formula is C19H18N2O2S. The lowest BCUT2D eigenvalue weighted by Crippen LogP contribution is -2.19. The van der Waals surface area contributed by atoms with Crippen LogP contribution in [0.25, 0.3) is 10.8 Å². The van der Waals surface area contributed by atoms with Crippen LogP contribution in [0.3, 0.4) is 0 Å². The Morgan fingerprint density at radius 2 is 2.00 bits per heavy atom. The molecule has 3 aromatic rings. The van der Waals surface area contributed by atoms with Gasteiger partial charge in [-0.25, -0.2) is 5.43 Å². The summed E-state index contributed by atoms with van der Waals surface area (Å²) in [5.74, 6) is 0.732. The number of amides is 1. The quantitative estimate of drug-likeness (QED) is 0.546. The Kier molecular flexibility index (Phi) is 5.23. The summed E-state index contributed by atoms with van der Waals surface area (Å²) in [6.45, 7) is 2.59. The molecular weight excluding hydrogens is 320 g/mol. The minimum Gasteiger partial charge on any atom is -0.493 e. The zero-order valence-corrected chi connectivity index (χ0v) is 14.2. The van der Waals surface area contributed by atoms with Gasteiger partial charge in [-0.05, 0) is 35.9 Å². The number of carbonyl (C=O) groups excluding carboxylic acids is 1. The van der Waals surface area contributed by atoms with Gasteiger partial charge in [-0.2, -0.15) is 5.10 Å². The number of hydrogen-bond acceptors (Lipinski definition) is 4. The van der Waals surface area contributed by atoms with E-state index < -0.39 is 0 Å². The molecule has 122 valence electrons. The number of nitrogens with one attached hydrogen (secondary N) is 1. The fourth-order valence-electron chi connectivity index (χ4n) is 2.47. The second-order valence-corrected chi connectivity index (χ2v) is 6.21. The van der Waals surface area contributed by atoms with Gasteiger partial charge >= 0.3 is 0 Å². The third-order valence-corrected chi connectivity index (χ3v) is 4.40. The molecule has 0 aliphatic heterocycles. The van der Waals surface area contributed by atoms with E-state index in [1.807, 2.05) is 60.8 Å². The minimum absolute atomic E-state index is 0.121. The maximum atomic E-state index is 11.9. The van der Waals surface area contributed by atoms with Gasteiger partial charge in [0.1, 0.15) is 5.75 Å². The number of hydrogen-bond donors (Lipinski definition) is 1. The summed E-state index contributed by atoms with van der Waals surface area (Å²) in [7, 11) is 0. The average molecular weight is 338 g/mol. The van der Waals surface area contributed by atoms with E-state index in [1.165, 1.54) is 0 Å². The van der Waals surface area contributed by atoms with E-state index in [0.29, 0.717) is 13.0 Å². The Balaban J connectivity index is 1.75. The van der Waals surface area contributed by atoms with E-state index in [1.54, 1.807) is 17.6 Å². The molecule has 0 atom stereocenters. The van der Waals surface area contributed by atoms with Crippen molar-refractivity contribution in [2.45, 2.75) is 13.3 Å². The molecule has 3 rings (SSSR count).